The number of allylic oxidation sites excluding steroid dienone is 2. The van der Waals surface area contributed by atoms with Gasteiger partial charge in [0, 0.05) is 34.1 Å². The Morgan fingerprint density at radius 2 is 1.72 bits per heavy atom. The molecule has 1 unspecified atom stereocenters. The van der Waals surface area contributed by atoms with E-state index in [0.717, 1.165) is 49.4 Å². The molecule has 204 valence electrons. The molecule has 3 aromatic carbocycles. The Morgan fingerprint density at radius 1 is 1.03 bits per heavy atom. The van der Waals surface area contributed by atoms with Gasteiger partial charge in [-0.2, -0.15) is 0 Å². The van der Waals surface area contributed by atoms with Crippen molar-refractivity contribution >= 4 is 34.0 Å². The first-order chi connectivity index (χ1) is 18.4. The lowest BCUT2D eigenvalue weighted by Crippen LogP contribution is -2.23. The molecular weight excluding hydrogens is 511 g/mol. The Kier molecular flexibility index (Phi) is 8.38. The predicted octanol–water partition coefficient (Wildman–Crippen LogP) is 7.16. The molecule has 0 spiro atoms. The van der Waals surface area contributed by atoms with Crippen LogP contribution in [0.1, 0.15) is 67.0 Å². The smallest absolute Gasteiger partial charge is 0.315 e. The molecule has 4 nitrogen and oxygen atoms in total. The van der Waals surface area contributed by atoms with Crippen molar-refractivity contribution in [3.05, 3.63) is 99.4 Å². The molecule has 0 radical (unpaired) electrons. The van der Waals surface area contributed by atoms with Gasteiger partial charge in [-0.15, -0.1) is 0 Å². The van der Waals surface area contributed by atoms with Crippen LogP contribution in [0.3, 0.4) is 0 Å². The highest BCUT2D eigenvalue weighted by atomic mass is 32.2. The van der Waals surface area contributed by atoms with Crippen LogP contribution in [0.5, 0.6) is 5.75 Å². The van der Waals surface area contributed by atoms with Crippen LogP contribution in [0, 0.1) is 19.7 Å². The van der Waals surface area contributed by atoms with E-state index in [0.29, 0.717) is 17.7 Å². The Labute approximate surface area is 232 Å². The molecule has 0 saturated carbocycles. The standard InChI is InChI=1S/C33H35FO4S/c1-20-15-21(2)32(33(4,5)13-14-35)30(16-20)38-31(36)19-28-22(3)27(26-12-9-24(34)18-29(26)28)17-23-7-10-25(11-8-23)39(6)37/h7-12,15-18,35H,13-14,19H2,1-6H3. The largest absolute Gasteiger partial charge is 0.426 e. The zero-order valence-electron chi connectivity index (χ0n) is 23.4. The molecule has 39 heavy (non-hydrogen) atoms. The third-order valence-corrected chi connectivity index (χ3v) is 8.31. The highest BCUT2D eigenvalue weighted by Crippen LogP contribution is 2.44. The average Bonchev–Trinajstić information content (AvgIpc) is 3.08. The maximum atomic E-state index is 14.4. The first kappa shape index (κ1) is 28.7. The number of esters is 1. The topological polar surface area (TPSA) is 63.6 Å². The molecule has 1 aliphatic carbocycles. The highest BCUT2D eigenvalue weighted by Gasteiger charge is 2.30. The first-order valence-corrected chi connectivity index (χ1v) is 14.6. The van der Waals surface area contributed by atoms with Crippen LogP contribution in [0.15, 0.2) is 65.1 Å². The summed E-state index contributed by atoms with van der Waals surface area (Å²) in [6.07, 6.45) is 4.16. The highest BCUT2D eigenvalue weighted by molar-refractivity contribution is 7.84. The third kappa shape index (κ3) is 6.13. The van der Waals surface area contributed by atoms with Gasteiger partial charge in [-0.25, -0.2) is 4.39 Å². The first-order valence-electron chi connectivity index (χ1n) is 13.0. The molecule has 1 atom stereocenters. The van der Waals surface area contributed by atoms with E-state index in [2.05, 4.69) is 6.07 Å². The van der Waals surface area contributed by atoms with Crippen LogP contribution < -0.4 is 4.74 Å². The second-order valence-electron chi connectivity index (χ2n) is 10.8. The normalized spacial score (nSPS) is 15.0. The molecule has 0 aliphatic heterocycles. The maximum Gasteiger partial charge on any atom is 0.315 e. The lowest BCUT2D eigenvalue weighted by Gasteiger charge is -2.29. The van der Waals surface area contributed by atoms with Gasteiger partial charge >= 0.3 is 5.97 Å². The Balaban J connectivity index is 1.70. The van der Waals surface area contributed by atoms with E-state index in [9.17, 15) is 18.5 Å². The summed E-state index contributed by atoms with van der Waals surface area (Å²) in [5, 5.41) is 9.62. The van der Waals surface area contributed by atoms with Crippen molar-refractivity contribution in [3.8, 4) is 5.75 Å². The summed E-state index contributed by atoms with van der Waals surface area (Å²) in [4.78, 5) is 14.1. The number of aryl methyl sites for hydroxylation is 2. The lowest BCUT2D eigenvalue weighted by atomic mass is 9.78. The minimum atomic E-state index is -1.06. The van der Waals surface area contributed by atoms with E-state index in [1.54, 1.807) is 12.3 Å². The van der Waals surface area contributed by atoms with Crippen LogP contribution in [0.2, 0.25) is 0 Å². The fourth-order valence-corrected chi connectivity index (χ4v) is 6.01. The van der Waals surface area contributed by atoms with Gasteiger partial charge in [-0.1, -0.05) is 38.1 Å². The number of aliphatic hydroxyl groups excluding tert-OH is 1. The van der Waals surface area contributed by atoms with Crippen LogP contribution in [0.4, 0.5) is 4.39 Å². The fraction of sp³-hybridized carbons (Fsp3) is 0.303. The van der Waals surface area contributed by atoms with Crippen LogP contribution in [0.25, 0.3) is 17.2 Å². The summed E-state index contributed by atoms with van der Waals surface area (Å²) < 4.78 is 32.1. The average molecular weight is 547 g/mol. The number of fused-ring (bicyclic) bond motifs is 1. The molecule has 3 aromatic rings. The fourth-order valence-electron chi connectivity index (χ4n) is 5.49. The minimum Gasteiger partial charge on any atom is -0.426 e. The summed E-state index contributed by atoms with van der Waals surface area (Å²) >= 11 is 0. The SMILES string of the molecule is CC1=C(CC(=O)Oc2cc(C)cc(C)c2C(C)(C)CCO)c2cc(F)ccc2C1=Cc1ccc(S(C)=O)cc1. The molecule has 6 heteroatoms. The van der Waals surface area contributed by atoms with Gasteiger partial charge in [0.25, 0.3) is 0 Å². The van der Waals surface area contributed by atoms with Crippen LogP contribution >= 0.6 is 0 Å². The number of hydrogen-bond donors (Lipinski definition) is 1. The van der Waals surface area contributed by atoms with Gasteiger partial charge in [-0.3, -0.25) is 9.00 Å². The number of hydrogen-bond acceptors (Lipinski definition) is 4. The monoisotopic (exact) mass is 546 g/mol. The number of carbonyl (C=O) groups is 1. The quantitative estimate of drug-likeness (QED) is 0.240. The van der Waals surface area contributed by atoms with Crippen molar-refractivity contribution in [2.45, 2.75) is 57.8 Å². The van der Waals surface area contributed by atoms with Gasteiger partial charge in [0.15, 0.2) is 0 Å². The molecule has 1 aliphatic rings. The predicted molar refractivity (Wildman–Crippen MR) is 157 cm³/mol. The number of carbonyl (C=O) groups excluding carboxylic acids is 1. The summed E-state index contributed by atoms with van der Waals surface area (Å²) in [6.45, 7) is 9.97. The lowest BCUT2D eigenvalue weighted by molar-refractivity contribution is -0.133. The molecule has 4 rings (SSSR count). The van der Waals surface area contributed by atoms with Crippen molar-refractivity contribution in [3.63, 3.8) is 0 Å². The van der Waals surface area contributed by atoms with E-state index in [4.69, 9.17) is 4.74 Å². The van der Waals surface area contributed by atoms with Crippen molar-refractivity contribution in [2.24, 2.45) is 0 Å². The van der Waals surface area contributed by atoms with E-state index in [1.165, 1.54) is 12.1 Å². The summed E-state index contributed by atoms with van der Waals surface area (Å²) in [5.74, 6) is -0.303. The van der Waals surface area contributed by atoms with E-state index in [1.807, 2.05) is 71.0 Å². The van der Waals surface area contributed by atoms with E-state index < -0.39 is 22.2 Å². The van der Waals surface area contributed by atoms with Crippen molar-refractivity contribution in [2.75, 3.05) is 12.9 Å². The minimum absolute atomic E-state index is 0.0137. The number of ether oxygens (including phenoxy) is 1. The second-order valence-corrected chi connectivity index (χ2v) is 12.2. The molecule has 0 bridgehead atoms. The van der Waals surface area contributed by atoms with Crippen molar-refractivity contribution < 1.29 is 23.2 Å². The van der Waals surface area contributed by atoms with Gasteiger partial charge in [0.2, 0.25) is 0 Å². The molecule has 0 aromatic heterocycles. The number of benzene rings is 3. The van der Waals surface area contributed by atoms with Crippen molar-refractivity contribution in [1.29, 1.82) is 0 Å². The van der Waals surface area contributed by atoms with Crippen LogP contribution in [-0.2, 0) is 21.0 Å². The van der Waals surface area contributed by atoms with Crippen molar-refractivity contribution in [1.82, 2.24) is 0 Å². The second kappa shape index (κ2) is 11.4. The summed E-state index contributed by atoms with van der Waals surface area (Å²) in [5.41, 5.74) is 7.47. The molecule has 1 N–H and O–H groups in total. The number of aliphatic hydroxyl groups is 1. The van der Waals surface area contributed by atoms with Crippen LogP contribution in [-0.4, -0.2) is 28.1 Å². The Bertz CT molecular complexity index is 1510. The third-order valence-electron chi connectivity index (χ3n) is 7.38. The van der Waals surface area contributed by atoms with Gasteiger partial charge in [0.1, 0.15) is 11.6 Å². The summed E-state index contributed by atoms with van der Waals surface area (Å²) in [6, 6.07) is 16.0. The van der Waals surface area contributed by atoms with E-state index >= 15 is 0 Å². The van der Waals surface area contributed by atoms with Gasteiger partial charge in [-0.05, 0) is 114 Å². The van der Waals surface area contributed by atoms with Gasteiger partial charge in [0.05, 0.1) is 6.42 Å². The number of rotatable bonds is 8. The Hall–Kier alpha value is -3.35. The molecule has 0 amide bonds. The number of halogens is 1. The molecule has 0 saturated heterocycles. The maximum absolute atomic E-state index is 14.4. The zero-order chi connectivity index (χ0) is 28.5. The molecule has 0 fully saturated rings. The van der Waals surface area contributed by atoms with Gasteiger partial charge < -0.3 is 9.84 Å². The van der Waals surface area contributed by atoms with E-state index in [-0.39, 0.29) is 18.8 Å². The zero-order valence-corrected chi connectivity index (χ0v) is 24.2. The molecular formula is C33H35FO4S. The Morgan fingerprint density at radius 3 is 2.36 bits per heavy atom. The summed E-state index contributed by atoms with van der Waals surface area (Å²) in [7, 11) is -1.06. The molecule has 0 heterocycles.